The molecule has 0 saturated carbocycles. The van der Waals surface area contributed by atoms with Crippen LogP contribution in [0.4, 0.5) is 16.2 Å². The van der Waals surface area contributed by atoms with Crippen molar-refractivity contribution in [1.82, 2.24) is 5.32 Å². The zero-order chi connectivity index (χ0) is 16.7. The van der Waals surface area contributed by atoms with Crippen molar-refractivity contribution in [3.8, 4) is 0 Å². The minimum Gasteiger partial charge on any atom is -0.352 e. The van der Waals surface area contributed by atoms with E-state index in [1.807, 2.05) is 6.92 Å². The number of carbonyl (C=O) groups excluding carboxylic acids is 2. The van der Waals surface area contributed by atoms with Crippen LogP contribution in [0.5, 0.6) is 0 Å². The van der Waals surface area contributed by atoms with Crippen molar-refractivity contribution < 1.29 is 9.59 Å². The normalized spacial score (nSPS) is 10.0. The number of para-hydroxylation sites is 1. The van der Waals surface area contributed by atoms with Gasteiger partial charge in [-0.15, -0.1) is 0 Å². The van der Waals surface area contributed by atoms with Gasteiger partial charge in [0, 0.05) is 17.3 Å². The summed E-state index contributed by atoms with van der Waals surface area (Å²) >= 11 is 5.88. The Balaban J connectivity index is 2.07. The van der Waals surface area contributed by atoms with E-state index in [1.54, 1.807) is 48.5 Å². The first-order valence-electron chi connectivity index (χ1n) is 7.31. The van der Waals surface area contributed by atoms with Crippen LogP contribution in [0.25, 0.3) is 0 Å². The molecule has 0 fully saturated rings. The molecular formula is C17H18ClN3O2. The van der Waals surface area contributed by atoms with Crippen molar-refractivity contribution in [2.75, 3.05) is 17.2 Å². The first kappa shape index (κ1) is 16.8. The van der Waals surface area contributed by atoms with E-state index in [2.05, 4.69) is 16.0 Å². The lowest BCUT2D eigenvalue weighted by molar-refractivity contribution is 0.0954. The fraction of sp³-hybridized carbons (Fsp3) is 0.176. The minimum absolute atomic E-state index is 0.217. The largest absolute Gasteiger partial charge is 0.352 e. The lowest BCUT2D eigenvalue weighted by atomic mass is 10.1. The molecule has 0 aliphatic heterocycles. The molecule has 0 aliphatic carbocycles. The van der Waals surface area contributed by atoms with Gasteiger partial charge in [0.1, 0.15) is 0 Å². The lowest BCUT2D eigenvalue weighted by Gasteiger charge is -2.12. The number of urea groups is 1. The van der Waals surface area contributed by atoms with Crippen LogP contribution >= 0.6 is 11.6 Å². The van der Waals surface area contributed by atoms with Gasteiger partial charge in [0.25, 0.3) is 5.91 Å². The summed E-state index contributed by atoms with van der Waals surface area (Å²) in [5.74, 6) is -0.217. The van der Waals surface area contributed by atoms with E-state index in [4.69, 9.17) is 11.6 Å². The van der Waals surface area contributed by atoms with Gasteiger partial charge in [-0.3, -0.25) is 4.79 Å². The molecule has 0 aromatic heterocycles. The molecule has 23 heavy (non-hydrogen) atoms. The summed E-state index contributed by atoms with van der Waals surface area (Å²) in [5.41, 5.74) is 1.44. The number of hydrogen-bond acceptors (Lipinski definition) is 2. The highest BCUT2D eigenvalue weighted by atomic mass is 35.5. The molecule has 0 spiro atoms. The first-order chi connectivity index (χ1) is 11.1. The van der Waals surface area contributed by atoms with Crippen LogP contribution in [-0.2, 0) is 0 Å². The zero-order valence-electron chi connectivity index (χ0n) is 12.7. The van der Waals surface area contributed by atoms with Gasteiger partial charge in [-0.25, -0.2) is 4.79 Å². The van der Waals surface area contributed by atoms with Crippen LogP contribution in [0.2, 0.25) is 5.02 Å². The SMILES string of the molecule is CCCNC(=O)c1ccccc1NC(=O)Nc1cccc(Cl)c1. The van der Waals surface area contributed by atoms with Gasteiger partial charge in [-0.05, 0) is 36.8 Å². The average Bonchev–Trinajstić information content (AvgIpc) is 2.53. The Morgan fingerprint density at radius 2 is 1.83 bits per heavy atom. The molecule has 5 nitrogen and oxygen atoms in total. The fourth-order valence-corrected chi connectivity index (χ4v) is 2.17. The molecule has 120 valence electrons. The first-order valence-corrected chi connectivity index (χ1v) is 7.68. The summed E-state index contributed by atoms with van der Waals surface area (Å²) in [4.78, 5) is 24.2. The maximum Gasteiger partial charge on any atom is 0.323 e. The predicted molar refractivity (Wildman–Crippen MR) is 93.2 cm³/mol. The van der Waals surface area contributed by atoms with Crippen LogP contribution in [0.15, 0.2) is 48.5 Å². The molecule has 3 amide bonds. The van der Waals surface area contributed by atoms with Crippen LogP contribution in [0.1, 0.15) is 23.7 Å². The van der Waals surface area contributed by atoms with E-state index in [9.17, 15) is 9.59 Å². The average molecular weight is 332 g/mol. The molecule has 3 N–H and O–H groups in total. The third-order valence-electron chi connectivity index (χ3n) is 3.04. The maximum absolute atomic E-state index is 12.1. The highest BCUT2D eigenvalue weighted by Gasteiger charge is 2.12. The van der Waals surface area contributed by atoms with E-state index >= 15 is 0 Å². The molecule has 0 heterocycles. The Kier molecular flexibility index (Phi) is 6.00. The monoisotopic (exact) mass is 331 g/mol. The molecule has 0 aliphatic rings. The molecule has 0 saturated heterocycles. The molecule has 0 radical (unpaired) electrons. The van der Waals surface area contributed by atoms with Crippen molar-refractivity contribution in [3.63, 3.8) is 0 Å². The van der Waals surface area contributed by atoms with Crippen LogP contribution < -0.4 is 16.0 Å². The number of rotatable bonds is 5. The van der Waals surface area contributed by atoms with Crippen LogP contribution in [0, 0.1) is 0 Å². The van der Waals surface area contributed by atoms with E-state index in [1.165, 1.54) is 0 Å². The van der Waals surface area contributed by atoms with Gasteiger partial charge < -0.3 is 16.0 Å². The summed E-state index contributed by atoms with van der Waals surface area (Å²) in [5, 5.41) is 8.68. The van der Waals surface area contributed by atoms with Crippen LogP contribution in [0.3, 0.4) is 0 Å². The van der Waals surface area contributed by atoms with E-state index in [-0.39, 0.29) is 5.91 Å². The van der Waals surface area contributed by atoms with Crippen molar-refractivity contribution in [2.24, 2.45) is 0 Å². The van der Waals surface area contributed by atoms with E-state index in [0.717, 1.165) is 6.42 Å². The summed E-state index contributed by atoms with van der Waals surface area (Å²) in [6.07, 6.45) is 0.844. The highest BCUT2D eigenvalue weighted by molar-refractivity contribution is 6.30. The van der Waals surface area contributed by atoms with E-state index in [0.29, 0.717) is 28.5 Å². The van der Waals surface area contributed by atoms with Crippen molar-refractivity contribution in [3.05, 3.63) is 59.1 Å². The Morgan fingerprint density at radius 1 is 1.04 bits per heavy atom. The second-order valence-corrected chi connectivity index (χ2v) is 5.33. The Hall–Kier alpha value is -2.53. The molecule has 6 heteroatoms. The van der Waals surface area contributed by atoms with Crippen LogP contribution in [-0.4, -0.2) is 18.5 Å². The van der Waals surface area contributed by atoms with Gasteiger partial charge in [0.15, 0.2) is 0 Å². The van der Waals surface area contributed by atoms with Crippen molar-refractivity contribution in [2.45, 2.75) is 13.3 Å². The zero-order valence-corrected chi connectivity index (χ0v) is 13.5. The standard InChI is InChI=1S/C17H18ClN3O2/c1-2-10-19-16(22)14-8-3-4-9-15(14)21-17(23)20-13-7-5-6-12(18)11-13/h3-9,11H,2,10H2,1H3,(H,19,22)(H2,20,21,23). The summed E-state index contributed by atoms with van der Waals surface area (Å²) in [6, 6.07) is 13.2. The molecule has 2 aromatic rings. The fourth-order valence-electron chi connectivity index (χ4n) is 1.97. The maximum atomic E-state index is 12.1. The lowest BCUT2D eigenvalue weighted by Crippen LogP contribution is -2.27. The topological polar surface area (TPSA) is 70.2 Å². The number of nitrogens with one attached hydrogen (secondary N) is 3. The van der Waals surface area contributed by atoms with Gasteiger partial charge in [-0.2, -0.15) is 0 Å². The van der Waals surface area contributed by atoms with Gasteiger partial charge in [-0.1, -0.05) is 36.7 Å². The molecular weight excluding hydrogens is 314 g/mol. The third-order valence-corrected chi connectivity index (χ3v) is 3.27. The number of halogens is 1. The summed E-state index contributed by atoms with van der Waals surface area (Å²) in [7, 11) is 0. The molecule has 2 rings (SSSR count). The number of carbonyl (C=O) groups is 2. The van der Waals surface area contributed by atoms with Gasteiger partial charge in [0.2, 0.25) is 0 Å². The smallest absolute Gasteiger partial charge is 0.323 e. The predicted octanol–water partition coefficient (Wildman–Crippen LogP) is 4.12. The minimum atomic E-state index is -0.442. The Labute approximate surface area is 140 Å². The molecule has 2 aromatic carbocycles. The molecule has 0 atom stereocenters. The number of amides is 3. The number of benzene rings is 2. The number of anilines is 2. The Morgan fingerprint density at radius 3 is 2.57 bits per heavy atom. The quantitative estimate of drug-likeness (QED) is 0.771. The Bertz CT molecular complexity index is 704. The highest BCUT2D eigenvalue weighted by Crippen LogP contribution is 2.17. The van der Waals surface area contributed by atoms with Crippen molar-refractivity contribution in [1.29, 1.82) is 0 Å². The van der Waals surface area contributed by atoms with Gasteiger partial charge in [0.05, 0.1) is 11.3 Å². The second kappa shape index (κ2) is 8.19. The summed E-state index contributed by atoms with van der Waals surface area (Å²) in [6.45, 7) is 2.56. The van der Waals surface area contributed by atoms with Gasteiger partial charge >= 0.3 is 6.03 Å². The van der Waals surface area contributed by atoms with Crippen molar-refractivity contribution >= 4 is 34.9 Å². The third kappa shape index (κ3) is 5.00. The summed E-state index contributed by atoms with van der Waals surface area (Å²) < 4.78 is 0. The molecule has 0 bridgehead atoms. The molecule has 0 unspecified atom stereocenters. The van der Waals surface area contributed by atoms with E-state index < -0.39 is 6.03 Å². The second-order valence-electron chi connectivity index (χ2n) is 4.89. The number of hydrogen-bond donors (Lipinski definition) is 3.